The number of hydrogen-bond donors (Lipinski definition) is 4. The quantitative estimate of drug-likeness (QED) is 0.247. The summed E-state index contributed by atoms with van der Waals surface area (Å²) in [6.45, 7) is 3.92. The fraction of sp³-hybridized carbons (Fsp3) is 0.312. The Morgan fingerprint density at radius 2 is 1.92 bits per heavy atom. The number of carbonyl (C=O) groups is 3. The number of methoxy groups -OCH3 is 1. The summed E-state index contributed by atoms with van der Waals surface area (Å²) >= 11 is 5.89. The summed E-state index contributed by atoms with van der Waals surface area (Å²) in [5.41, 5.74) is 6.45. The van der Waals surface area contributed by atoms with Crippen LogP contribution in [0.4, 0.5) is 5.69 Å². The first-order valence-corrected chi connectivity index (χ1v) is 7.80. The van der Waals surface area contributed by atoms with Crippen LogP contribution in [-0.2, 0) is 19.1 Å². The van der Waals surface area contributed by atoms with Gasteiger partial charge in [-0.05, 0) is 31.5 Å². The second kappa shape index (κ2) is 10.3. The smallest absolute Gasteiger partial charge is 0.327 e. The van der Waals surface area contributed by atoms with Crippen molar-refractivity contribution in [1.29, 1.82) is 0 Å². The highest BCUT2D eigenvalue weighted by Gasteiger charge is 2.12. The number of halogens is 1. The summed E-state index contributed by atoms with van der Waals surface area (Å²) in [6, 6.07) is 5.15. The van der Waals surface area contributed by atoms with Crippen LogP contribution in [0.25, 0.3) is 0 Å². The summed E-state index contributed by atoms with van der Waals surface area (Å²) in [6.07, 6.45) is 1.24. The van der Waals surface area contributed by atoms with Crippen molar-refractivity contribution in [2.75, 3.05) is 25.6 Å². The molecule has 0 radical (unpaired) electrons. The normalized spacial score (nSPS) is 10.8. The molecule has 9 heteroatoms. The Labute approximate surface area is 150 Å². The Bertz CT molecular complexity index is 676. The van der Waals surface area contributed by atoms with Crippen LogP contribution in [0.1, 0.15) is 12.5 Å². The highest BCUT2D eigenvalue weighted by molar-refractivity contribution is 6.35. The molecule has 0 fully saturated rings. The van der Waals surface area contributed by atoms with Crippen LogP contribution < -0.4 is 21.5 Å². The Morgan fingerprint density at radius 1 is 1.20 bits per heavy atom. The molecular formula is C16H21ClN4O4. The maximum Gasteiger partial charge on any atom is 0.327 e. The van der Waals surface area contributed by atoms with Crippen LogP contribution >= 0.6 is 11.6 Å². The van der Waals surface area contributed by atoms with Crippen molar-refractivity contribution >= 4 is 35.0 Å². The molecule has 0 aliphatic rings. The van der Waals surface area contributed by atoms with Crippen LogP contribution in [0.15, 0.2) is 30.0 Å². The molecule has 0 saturated carbocycles. The zero-order valence-corrected chi connectivity index (χ0v) is 15.0. The van der Waals surface area contributed by atoms with E-state index >= 15 is 0 Å². The van der Waals surface area contributed by atoms with Crippen molar-refractivity contribution in [1.82, 2.24) is 16.2 Å². The number of nitrogens with one attached hydrogen (secondary N) is 4. The van der Waals surface area contributed by atoms with E-state index in [4.69, 9.17) is 16.3 Å². The minimum absolute atomic E-state index is 0.221. The second-order valence-electron chi connectivity index (χ2n) is 5.10. The highest BCUT2D eigenvalue weighted by atomic mass is 35.5. The van der Waals surface area contributed by atoms with Gasteiger partial charge in [0, 0.05) is 36.1 Å². The SMILES string of the molecule is COCCNC(=O)C(=O)NNC(C)=CC(=O)Nc1cc(Cl)ccc1C. The van der Waals surface area contributed by atoms with E-state index in [9.17, 15) is 14.4 Å². The molecule has 0 heterocycles. The van der Waals surface area contributed by atoms with E-state index < -0.39 is 17.7 Å². The molecule has 1 aromatic rings. The molecule has 25 heavy (non-hydrogen) atoms. The first-order valence-electron chi connectivity index (χ1n) is 7.42. The lowest BCUT2D eigenvalue weighted by molar-refractivity contribution is -0.139. The predicted molar refractivity (Wildman–Crippen MR) is 94.7 cm³/mol. The zero-order chi connectivity index (χ0) is 18.8. The fourth-order valence-electron chi connectivity index (χ4n) is 1.69. The van der Waals surface area contributed by atoms with Crippen LogP contribution in [0, 0.1) is 6.92 Å². The second-order valence-corrected chi connectivity index (χ2v) is 5.54. The Morgan fingerprint density at radius 3 is 2.60 bits per heavy atom. The first kappa shape index (κ1) is 20.5. The molecule has 0 unspecified atom stereocenters. The van der Waals surface area contributed by atoms with E-state index in [2.05, 4.69) is 21.5 Å². The Balaban J connectivity index is 2.49. The third-order valence-electron chi connectivity index (χ3n) is 2.98. The molecule has 0 aromatic heterocycles. The van der Waals surface area contributed by atoms with Gasteiger partial charge in [0.05, 0.1) is 6.61 Å². The molecule has 3 amide bonds. The number of aryl methyl sites for hydroxylation is 1. The van der Waals surface area contributed by atoms with Crippen molar-refractivity contribution in [3.8, 4) is 0 Å². The van der Waals surface area contributed by atoms with Gasteiger partial charge in [0.2, 0.25) is 5.91 Å². The first-order chi connectivity index (χ1) is 11.8. The van der Waals surface area contributed by atoms with E-state index in [1.807, 2.05) is 6.92 Å². The standard InChI is InChI=1S/C16H21ClN4O4/c1-10-4-5-12(17)9-13(10)19-14(22)8-11(2)20-21-16(24)15(23)18-6-7-25-3/h4-5,8-9,20H,6-7H2,1-3H3,(H,18,23)(H,19,22)(H,21,24). The van der Waals surface area contributed by atoms with E-state index in [1.54, 1.807) is 25.1 Å². The number of benzene rings is 1. The molecule has 0 spiro atoms. The number of ether oxygens (including phenoxy) is 1. The average molecular weight is 369 g/mol. The van der Waals surface area contributed by atoms with Crippen molar-refractivity contribution in [2.24, 2.45) is 0 Å². The maximum atomic E-state index is 12.0. The molecular weight excluding hydrogens is 348 g/mol. The average Bonchev–Trinajstić information content (AvgIpc) is 2.56. The van der Waals surface area contributed by atoms with Gasteiger partial charge in [-0.25, -0.2) is 0 Å². The minimum Gasteiger partial charge on any atom is -0.383 e. The maximum absolute atomic E-state index is 12.0. The van der Waals surface area contributed by atoms with Gasteiger partial charge >= 0.3 is 11.8 Å². The molecule has 1 rings (SSSR count). The number of carbonyl (C=O) groups excluding carboxylic acids is 3. The van der Waals surface area contributed by atoms with Crippen molar-refractivity contribution < 1.29 is 19.1 Å². The minimum atomic E-state index is -0.880. The lowest BCUT2D eigenvalue weighted by Gasteiger charge is -2.10. The molecule has 0 aliphatic carbocycles. The molecule has 136 valence electrons. The topological polar surface area (TPSA) is 109 Å². The van der Waals surface area contributed by atoms with Gasteiger partial charge < -0.3 is 20.8 Å². The summed E-state index contributed by atoms with van der Waals surface area (Å²) in [5, 5.41) is 5.55. The number of rotatable bonds is 7. The summed E-state index contributed by atoms with van der Waals surface area (Å²) < 4.78 is 4.75. The molecule has 4 N–H and O–H groups in total. The molecule has 8 nitrogen and oxygen atoms in total. The molecule has 0 bridgehead atoms. The summed E-state index contributed by atoms with van der Waals surface area (Å²) in [7, 11) is 1.48. The number of hydrazine groups is 1. The third-order valence-corrected chi connectivity index (χ3v) is 3.21. The molecule has 1 aromatic carbocycles. The molecule has 0 atom stereocenters. The Hall–Kier alpha value is -2.58. The van der Waals surface area contributed by atoms with Crippen molar-refractivity contribution in [2.45, 2.75) is 13.8 Å². The van der Waals surface area contributed by atoms with E-state index in [1.165, 1.54) is 13.2 Å². The molecule has 0 saturated heterocycles. The number of allylic oxidation sites excluding steroid dienone is 1. The molecule has 0 aliphatic heterocycles. The predicted octanol–water partition coefficient (Wildman–Crippen LogP) is 0.874. The largest absolute Gasteiger partial charge is 0.383 e. The number of hydrogen-bond acceptors (Lipinski definition) is 5. The lowest BCUT2D eigenvalue weighted by Crippen LogP contribution is -2.46. The van der Waals surface area contributed by atoms with E-state index in [0.29, 0.717) is 23.0 Å². The van der Waals surface area contributed by atoms with Crippen LogP contribution in [0.5, 0.6) is 0 Å². The number of amides is 3. The van der Waals surface area contributed by atoms with E-state index in [-0.39, 0.29) is 6.54 Å². The van der Waals surface area contributed by atoms with Gasteiger partial charge in [0.1, 0.15) is 0 Å². The highest BCUT2D eigenvalue weighted by Crippen LogP contribution is 2.20. The lowest BCUT2D eigenvalue weighted by atomic mass is 10.2. The van der Waals surface area contributed by atoms with Crippen LogP contribution in [0.3, 0.4) is 0 Å². The van der Waals surface area contributed by atoms with Gasteiger partial charge in [-0.15, -0.1) is 0 Å². The summed E-state index contributed by atoms with van der Waals surface area (Å²) in [4.78, 5) is 34.9. The van der Waals surface area contributed by atoms with Crippen molar-refractivity contribution in [3.63, 3.8) is 0 Å². The zero-order valence-electron chi connectivity index (χ0n) is 14.2. The summed E-state index contributed by atoms with van der Waals surface area (Å²) in [5.74, 6) is -2.10. The van der Waals surface area contributed by atoms with Gasteiger partial charge in [-0.3, -0.25) is 19.8 Å². The van der Waals surface area contributed by atoms with Gasteiger partial charge in [0.15, 0.2) is 0 Å². The fourth-order valence-corrected chi connectivity index (χ4v) is 1.86. The van der Waals surface area contributed by atoms with Crippen LogP contribution in [0.2, 0.25) is 5.02 Å². The van der Waals surface area contributed by atoms with Crippen molar-refractivity contribution in [3.05, 3.63) is 40.6 Å². The number of anilines is 1. The van der Waals surface area contributed by atoms with Gasteiger partial charge in [-0.2, -0.15) is 0 Å². The van der Waals surface area contributed by atoms with E-state index in [0.717, 1.165) is 5.56 Å². The van der Waals surface area contributed by atoms with Crippen LogP contribution in [-0.4, -0.2) is 38.0 Å². The monoisotopic (exact) mass is 368 g/mol. The van der Waals surface area contributed by atoms with Gasteiger partial charge in [0.25, 0.3) is 0 Å². The van der Waals surface area contributed by atoms with Gasteiger partial charge in [-0.1, -0.05) is 17.7 Å². The Kier molecular flexibility index (Phi) is 8.45. The third kappa shape index (κ3) is 7.69.